The number of fused-ring (bicyclic) bond motifs is 4. The Morgan fingerprint density at radius 3 is 2.58 bits per heavy atom. The smallest absolute Gasteiger partial charge is 0.145 e. The fourth-order valence-corrected chi connectivity index (χ4v) is 12.8. The maximum atomic E-state index is 13.2. The minimum absolute atomic E-state index is 0.0428. The van der Waals surface area contributed by atoms with E-state index in [4.69, 9.17) is 9.47 Å². The molecule has 0 aromatic heterocycles. The summed E-state index contributed by atoms with van der Waals surface area (Å²) in [7, 11) is 3.57. The molecule has 0 amide bonds. The zero-order valence-corrected chi connectivity index (χ0v) is 36.7. The van der Waals surface area contributed by atoms with Crippen LogP contribution in [-0.2, 0) is 27.1 Å². The largest absolute Gasteiger partial charge is 0.396 e. The molecule has 10 unspecified atom stereocenters. The standard InChI is InChI=1S/C50H72N2O8/c1-34(39-14-13-35(2)44(56)52-46(4,23-26-59-6)29-38-11-8-10-37(27-38)28-39)9-7-12-42(32-60-33-55)47-18-20-49-41(17-25-53)16-15-40(43(49)36(3)31-54)30-48(58,22-24-51-5)50(49,21-19-47)45(47)57/h7-13,15-16,27,31,39-41,44-45,51-53,55-58H,1,14,17-26,28-30,32-33H2,2-6H3. The Kier molecular flexibility index (Phi) is 14.8. The van der Waals surface area contributed by atoms with E-state index in [0.717, 1.165) is 47.8 Å². The van der Waals surface area contributed by atoms with Gasteiger partial charge in [-0.1, -0.05) is 72.9 Å². The molecule has 10 nitrogen and oxygen atoms in total. The van der Waals surface area contributed by atoms with Crippen molar-refractivity contribution in [2.24, 2.45) is 34.0 Å². The molecule has 6 bridgehead atoms. The lowest BCUT2D eigenvalue weighted by molar-refractivity contribution is -0.256. The predicted molar refractivity (Wildman–Crippen MR) is 236 cm³/mol. The lowest BCUT2D eigenvalue weighted by Crippen LogP contribution is -2.73. The molecule has 0 radical (unpaired) electrons. The van der Waals surface area contributed by atoms with Crippen molar-refractivity contribution in [3.63, 3.8) is 0 Å². The Bertz CT molecular complexity index is 1870. The van der Waals surface area contributed by atoms with Crippen LogP contribution < -0.4 is 10.6 Å². The second-order valence-electron chi connectivity index (χ2n) is 19.0. The van der Waals surface area contributed by atoms with Gasteiger partial charge in [-0.15, -0.1) is 0 Å². The molecule has 1 aliphatic heterocycles. The zero-order chi connectivity index (χ0) is 43.3. The first-order chi connectivity index (χ1) is 28.7. The lowest BCUT2D eigenvalue weighted by atomic mass is 9.34. The van der Waals surface area contributed by atoms with Gasteiger partial charge < -0.3 is 40.3 Å². The lowest BCUT2D eigenvalue weighted by Gasteiger charge is -2.71. The molecule has 1 aromatic carbocycles. The fourth-order valence-electron chi connectivity index (χ4n) is 12.8. The molecular weight excluding hydrogens is 757 g/mol. The van der Waals surface area contributed by atoms with E-state index in [0.29, 0.717) is 70.1 Å². The number of carbonyl (C=O) groups excluding carboxylic acids is 1. The Hall–Kier alpha value is -3.03. The maximum Gasteiger partial charge on any atom is 0.145 e. The summed E-state index contributed by atoms with van der Waals surface area (Å²) in [6, 6.07) is 8.66. The minimum Gasteiger partial charge on any atom is -0.396 e. The first-order valence-corrected chi connectivity index (χ1v) is 22.2. The van der Waals surface area contributed by atoms with Crippen LogP contribution >= 0.6 is 0 Å². The van der Waals surface area contributed by atoms with Gasteiger partial charge in [0.2, 0.25) is 0 Å². The molecule has 330 valence electrons. The van der Waals surface area contributed by atoms with Crippen molar-refractivity contribution in [2.75, 3.05) is 47.3 Å². The Morgan fingerprint density at radius 2 is 1.87 bits per heavy atom. The molecule has 3 saturated carbocycles. The summed E-state index contributed by atoms with van der Waals surface area (Å²) >= 11 is 0. The normalized spacial score (nSPS) is 37.5. The second-order valence-corrected chi connectivity index (χ2v) is 19.0. The van der Waals surface area contributed by atoms with E-state index in [1.54, 1.807) is 7.11 Å². The maximum absolute atomic E-state index is 13.2. The van der Waals surface area contributed by atoms with Crippen LogP contribution in [0.25, 0.3) is 0 Å². The van der Waals surface area contributed by atoms with Gasteiger partial charge in [0, 0.05) is 48.0 Å². The van der Waals surface area contributed by atoms with E-state index >= 15 is 0 Å². The third-order valence-corrected chi connectivity index (χ3v) is 15.7. The van der Waals surface area contributed by atoms with Crippen molar-refractivity contribution in [3.05, 3.63) is 106 Å². The van der Waals surface area contributed by atoms with Crippen molar-refractivity contribution < 1.29 is 39.8 Å². The molecule has 7 N–H and O–H groups in total. The van der Waals surface area contributed by atoms with E-state index in [1.165, 1.54) is 11.1 Å². The summed E-state index contributed by atoms with van der Waals surface area (Å²) in [4.78, 5) is 12.6. The van der Waals surface area contributed by atoms with E-state index in [1.807, 2.05) is 39.1 Å². The van der Waals surface area contributed by atoms with Gasteiger partial charge in [-0.2, -0.15) is 0 Å². The Morgan fingerprint density at radius 1 is 1.10 bits per heavy atom. The number of nitrogens with one attached hydrogen (secondary N) is 2. The minimum atomic E-state index is -1.26. The third kappa shape index (κ3) is 8.29. The average Bonchev–Trinajstić information content (AvgIpc) is 3.43. The van der Waals surface area contributed by atoms with Gasteiger partial charge in [0.15, 0.2) is 0 Å². The number of aliphatic hydroxyl groups is 5. The molecule has 1 aromatic rings. The van der Waals surface area contributed by atoms with E-state index < -0.39 is 41.0 Å². The van der Waals surface area contributed by atoms with Crippen LogP contribution in [-0.4, -0.2) is 103 Å². The number of carbonyl (C=O) groups is 1. The number of rotatable bonds is 16. The van der Waals surface area contributed by atoms with Crippen LogP contribution in [0.15, 0.2) is 95.2 Å². The van der Waals surface area contributed by atoms with Crippen LogP contribution in [0.2, 0.25) is 0 Å². The molecule has 3 fully saturated rings. The van der Waals surface area contributed by atoms with Gasteiger partial charge in [-0.05, 0) is 150 Å². The van der Waals surface area contributed by atoms with E-state index in [9.17, 15) is 30.3 Å². The average molecular weight is 829 g/mol. The third-order valence-electron chi connectivity index (χ3n) is 15.7. The highest BCUT2D eigenvalue weighted by molar-refractivity contribution is 5.75. The number of allylic oxidation sites excluding steroid dienone is 9. The molecular formula is C50H72N2O8. The van der Waals surface area contributed by atoms with Gasteiger partial charge in [-0.25, -0.2) is 0 Å². The van der Waals surface area contributed by atoms with Crippen molar-refractivity contribution in [2.45, 2.75) is 115 Å². The van der Waals surface area contributed by atoms with Crippen molar-refractivity contribution in [3.8, 4) is 0 Å². The summed E-state index contributed by atoms with van der Waals surface area (Å²) < 4.78 is 11.2. The first-order valence-electron chi connectivity index (χ1n) is 22.2. The number of hydrogen-bond donors (Lipinski definition) is 7. The summed E-state index contributed by atoms with van der Waals surface area (Å²) in [6.07, 6.45) is 18.2. The highest BCUT2D eigenvalue weighted by Gasteiger charge is 2.79. The molecule has 1 heterocycles. The van der Waals surface area contributed by atoms with Gasteiger partial charge in [0.25, 0.3) is 0 Å². The molecule has 0 saturated heterocycles. The van der Waals surface area contributed by atoms with Crippen LogP contribution in [0.5, 0.6) is 0 Å². The topological polar surface area (TPSA) is 161 Å². The molecule has 60 heavy (non-hydrogen) atoms. The second kappa shape index (κ2) is 19.2. The SMILES string of the molecule is C=C(C=CC=C(COCO)C12CCC34C(=C(C)C=O)C(C=CC3CCO)CC(O)(CCNC)C4(CC1)C2O)C1CC=C(C)C(O)NC(C)(CCOC)Cc2cccc(c2)C1. The molecule has 10 heteroatoms. The molecule has 2 spiro atoms. The number of ether oxygens (including phenoxy) is 2. The summed E-state index contributed by atoms with van der Waals surface area (Å²) in [5.74, 6) is -0.262. The van der Waals surface area contributed by atoms with Crippen LogP contribution in [0.1, 0.15) is 89.7 Å². The van der Waals surface area contributed by atoms with Crippen molar-refractivity contribution in [1.82, 2.24) is 10.6 Å². The highest BCUT2D eigenvalue weighted by Crippen LogP contribution is 2.80. The van der Waals surface area contributed by atoms with Gasteiger partial charge >= 0.3 is 0 Å². The van der Waals surface area contributed by atoms with Crippen LogP contribution in [0.4, 0.5) is 0 Å². The first kappa shape index (κ1) is 46.5. The highest BCUT2D eigenvalue weighted by atomic mass is 16.6. The van der Waals surface area contributed by atoms with Crippen molar-refractivity contribution in [1.29, 1.82) is 0 Å². The molecule has 10 atom stereocenters. The van der Waals surface area contributed by atoms with Gasteiger partial charge in [-0.3, -0.25) is 10.1 Å². The molecule has 6 rings (SSSR count). The molecule has 5 aliphatic rings. The van der Waals surface area contributed by atoms with E-state index in [2.05, 4.69) is 66.6 Å². The quantitative estimate of drug-likeness (QED) is 0.0357. The molecule has 4 aliphatic carbocycles. The number of methoxy groups -OCH3 is 1. The summed E-state index contributed by atoms with van der Waals surface area (Å²) in [6.45, 7) is 11.2. The predicted octanol–water partition coefficient (Wildman–Crippen LogP) is 5.80. The van der Waals surface area contributed by atoms with Gasteiger partial charge in [0.1, 0.15) is 19.3 Å². The number of aldehydes is 1. The summed E-state index contributed by atoms with van der Waals surface area (Å²) in [5, 5.41) is 64.8. The van der Waals surface area contributed by atoms with E-state index in [-0.39, 0.29) is 36.5 Å². The van der Waals surface area contributed by atoms with Gasteiger partial charge in [0.05, 0.1) is 18.3 Å². The number of aliphatic hydroxyl groups excluding tert-OH is 4. The Labute approximate surface area is 358 Å². The fraction of sp³-hybridized carbons (Fsp3) is 0.620. The van der Waals surface area contributed by atoms with Crippen molar-refractivity contribution >= 4 is 6.29 Å². The summed E-state index contributed by atoms with van der Waals surface area (Å²) in [5.41, 5.74) is 2.60. The van der Waals surface area contributed by atoms with Crippen LogP contribution in [0.3, 0.4) is 0 Å². The Balaban J connectivity index is 1.36. The zero-order valence-electron chi connectivity index (χ0n) is 36.7. The van der Waals surface area contributed by atoms with Crippen LogP contribution in [0, 0.1) is 34.0 Å². The number of benzene rings is 1. The number of hydrogen-bond acceptors (Lipinski definition) is 10. The monoisotopic (exact) mass is 829 g/mol.